The molecule has 1 heterocycles. The lowest BCUT2D eigenvalue weighted by molar-refractivity contribution is -0.124. The van der Waals surface area contributed by atoms with E-state index in [0.29, 0.717) is 18.5 Å². The van der Waals surface area contributed by atoms with Crippen molar-refractivity contribution >= 4 is 5.91 Å². The molecule has 0 aromatic heterocycles. The Morgan fingerprint density at radius 3 is 2.44 bits per heavy atom. The Morgan fingerprint density at radius 1 is 1.39 bits per heavy atom. The smallest absolute Gasteiger partial charge is 0.222 e. The Labute approximate surface area is 110 Å². The first-order chi connectivity index (χ1) is 8.48. The fourth-order valence-corrected chi connectivity index (χ4v) is 2.97. The summed E-state index contributed by atoms with van der Waals surface area (Å²) in [6.07, 6.45) is 5.84. The van der Waals surface area contributed by atoms with E-state index in [1.165, 1.54) is 6.42 Å². The number of carbonyl (C=O) groups excluding carboxylic acids is 1. The Balaban J connectivity index is 1.69. The van der Waals surface area contributed by atoms with Crippen LogP contribution < -0.4 is 11.1 Å². The average molecular weight is 253 g/mol. The predicted octanol–water partition coefficient (Wildman–Crippen LogP) is 1.25. The van der Waals surface area contributed by atoms with Crippen LogP contribution in [-0.2, 0) is 4.79 Å². The molecule has 0 radical (unpaired) electrons. The van der Waals surface area contributed by atoms with E-state index in [-0.39, 0.29) is 11.4 Å². The summed E-state index contributed by atoms with van der Waals surface area (Å²) in [4.78, 5) is 14.4. The number of rotatable bonds is 4. The van der Waals surface area contributed by atoms with Crippen LogP contribution in [0.15, 0.2) is 0 Å². The number of nitrogens with one attached hydrogen (secondary N) is 1. The topological polar surface area (TPSA) is 58.4 Å². The van der Waals surface area contributed by atoms with E-state index in [0.717, 1.165) is 38.8 Å². The lowest BCUT2D eigenvalue weighted by Gasteiger charge is -2.39. The van der Waals surface area contributed by atoms with Crippen molar-refractivity contribution in [3.8, 4) is 0 Å². The molecule has 104 valence electrons. The Morgan fingerprint density at radius 2 is 2.00 bits per heavy atom. The molecule has 1 amide bonds. The van der Waals surface area contributed by atoms with Gasteiger partial charge in [-0.2, -0.15) is 0 Å². The Hall–Kier alpha value is -0.610. The SMILES string of the molecule is CC(C)N1CCC(NC(=O)CC2(N)CCC2)CC1. The van der Waals surface area contributed by atoms with Gasteiger partial charge in [0.1, 0.15) is 0 Å². The van der Waals surface area contributed by atoms with Crippen LogP contribution in [-0.4, -0.2) is 41.5 Å². The van der Waals surface area contributed by atoms with E-state index >= 15 is 0 Å². The van der Waals surface area contributed by atoms with Gasteiger partial charge in [-0.25, -0.2) is 0 Å². The van der Waals surface area contributed by atoms with E-state index in [9.17, 15) is 4.79 Å². The van der Waals surface area contributed by atoms with E-state index in [2.05, 4.69) is 24.1 Å². The zero-order chi connectivity index (χ0) is 13.2. The molecule has 2 fully saturated rings. The summed E-state index contributed by atoms with van der Waals surface area (Å²) in [5.74, 6) is 0.153. The number of carbonyl (C=O) groups is 1. The molecule has 1 saturated carbocycles. The van der Waals surface area contributed by atoms with Crippen LogP contribution in [0, 0.1) is 0 Å². The van der Waals surface area contributed by atoms with E-state index in [1.807, 2.05) is 0 Å². The molecule has 4 nitrogen and oxygen atoms in total. The van der Waals surface area contributed by atoms with Crippen LogP contribution in [0.1, 0.15) is 52.4 Å². The summed E-state index contributed by atoms with van der Waals surface area (Å²) in [6.45, 7) is 6.65. The molecule has 0 aromatic carbocycles. The summed E-state index contributed by atoms with van der Waals surface area (Å²) in [7, 11) is 0. The van der Waals surface area contributed by atoms with Gasteiger partial charge in [0.05, 0.1) is 0 Å². The zero-order valence-electron chi connectivity index (χ0n) is 11.7. The molecule has 0 atom stereocenters. The first kappa shape index (κ1) is 13.8. The molecule has 1 aliphatic heterocycles. The van der Waals surface area contributed by atoms with Crippen molar-refractivity contribution in [3.05, 3.63) is 0 Å². The number of likely N-dealkylation sites (tertiary alicyclic amines) is 1. The van der Waals surface area contributed by atoms with Crippen LogP contribution in [0.2, 0.25) is 0 Å². The average Bonchev–Trinajstić information content (AvgIpc) is 2.27. The van der Waals surface area contributed by atoms with Gasteiger partial charge in [-0.15, -0.1) is 0 Å². The van der Waals surface area contributed by atoms with Crippen LogP contribution in [0.5, 0.6) is 0 Å². The lowest BCUT2D eigenvalue weighted by Crippen LogP contribution is -2.52. The van der Waals surface area contributed by atoms with Crippen molar-refractivity contribution in [3.63, 3.8) is 0 Å². The Bertz CT molecular complexity index is 291. The number of hydrogen-bond acceptors (Lipinski definition) is 3. The molecule has 2 rings (SSSR count). The van der Waals surface area contributed by atoms with Crippen molar-refractivity contribution < 1.29 is 4.79 Å². The summed E-state index contributed by atoms with van der Waals surface area (Å²) in [5.41, 5.74) is 5.91. The van der Waals surface area contributed by atoms with Crippen molar-refractivity contribution in [1.29, 1.82) is 0 Å². The number of amides is 1. The molecule has 0 aromatic rings. The number of piperidine rings is 1. The van der Waals surface area contributed by atoms with Gasteiger partial charge in [-0.1, -0.05) is 0 Å². The first-order valence-electron chi connectivity index (χ1n) is 7.31. The minimum absolute atomic E-state index is 0.153. The highest BCUT2D eigenvalue weighted by Gasteiger charge is 2.35. The van der Waals surface area contributed by atoms with Crippen molar-refractivity contribution in [2.45, 2.75) is 70.0 Å². The molecule has 18 heavy (non-hydrogen) atoms. The molecule has 0 bridgehead atoms. The summed E-state index contributed by atoms with van der Waals surface area (Å²) >= 11 is 0. The number of hydrogen-bond donors (Lipinski definition) is 2. The third-order valence-corrected chi connectivity index (χ3v) is 4.49. The molecule has 3 N–H and O–H groups in total. The molecule has 4 heteroatoms. The summed E-state index contributed by atoms with van der Waals surface area (Å²) in [5, 5.41) is 3.16. The second-order valence-corrected chi connectivity index (χ2v) is 6.36. The molecule has 1 aliphatic carbocycles. The number of nitrogens with zero attached hydrogens (tertiary/aromatic N) is 1. The van der Waals surface area contributed by atoms with Crippen molar-refractivity contribution in [1.82, 2.24) is 10.2 Å². The monoisotopic (exact) mass is 253 g/mol. The van der Waals surface area contributed by atoms with Crippen molar-refractivity contribution in [2.24, 2.45) is 5.73 Å². The van der Waals surface area contributed by atoms with E-state index < -0.39 is 0 Å². The van der Waals surface area contributed by atoms with Gasteiger partial charge in [-0.05, 0) is 46.0 Å². The third-order valence-electron chi connectivity index (χ3n) is 4.49. The fraction of sp³-hybridized carbons (Fsp3) is 0.929. The molecule has 2 aliphatic rings. The van der Waals surface area contributed by atoms with E-state index in [4.69, 9.17) is 5.73 Å². The maximum Gasteiger partial charge on any atom is 0.222 e. The zero-order valence-corrected chi connectivity index (χ0v) is 11.7. The molecular weight excluding hydrogens is 226 g/mol. The van der Waals surface area contributed by atoms with Gasteiger partial charge in [0.15, 0.2) is 0 Å². The standard InChI is InChI=1S/C14H27N3O/c1-11(2)17-8-4-12(5-9-17)16-13(18)10-14(15)6-3-7-14/h11-12H,3-10,15H2,1-2H3,(H,16,18). The molecular formula is C14H27N3O. The van der Waals surface area contributed by atoms with E-state index in [1.54, 1.807) is 0 Å². The minimum atomic E-state index is -0.192. The van der Waals surface area contributed by atoms with Gasteiger partial charge in [0.2, 0.25) is 5.91 Å². The predicted molar refractivity (Wildman–Crippen MR) is 73.3 cm³/mol. The minimum Gasteiger partial charge on any atom is -0.353 e. The van der Waals surface area contributed by atoms with Gasteiger partial charge >= 0.3 is 0 Å². The van der Waals surface area contributed by atoms with Crippen LogP contribution in [0.3, 0.4) is 0 Å². The largest absolute Gasteiger partial charge is 0.353 e. The maximum absolute atomic E-state index is 11.9. The summed E-state index contributed by atoms with van der Waals surface area (Å²) < 4.78 is 0. The van der Waals surface area contributed by atoms with Gasteiger partial charge in [0.25, 0.3) is 0 Å². The quantitative estimate of drug-likeness (QED) is 0.792. The van der Waals surface area contributed by atoms with Crippen LogP contribution in [0.4, 0.5) is 0 Å². The van der Waals surface area contributed by atoms with Gasteiger partial charge in [0, 0.05) is 37.1 Å². The Kier molecular flexibility index (Phi) is 4.28. The van der Waals surface area contributed by atoms with Crippen molar-refractivity contribution in [2.75, 3.05) is 13.1 Å². The van der Waals surface area contributed by atoms with Crippen LogP contribution >= 0.6 is 0 Å². The first-order valence-corrected chi connectivity index (χ1v) is 7.31. The highest BCUT2D eigenvalue weighted by atomic mass is 16.1. The highest BCUT2D eigenvalue weighted by molar-refractivity contribution is 5.77. The maximum atomic E-state index is 11.9. The normalized spacial score (nSPS) is 24.9. The fourth-order valence-electron chi connectivity index (χ4n) is 2.97. The van der Waals surface area contributed by atoms with Gasteiger partial charge in [-0.3, -0.25) is 4.79 Å². The molecule has 0 unspecified atom stereocenters. The second kappa shape index (κ2) is 5.57. The summed E-state index contributed by atoms with van der Waals surface area (Å²) in [6, 6.07) is 0.972. The molecule has 1 saturated heterocycles. The second-order valence-electron chi connectivity index (χ2n) is 6.36. The lowest BCUT2D eigenvalue weighted by atomic mass is 9.75. The number of nitrogens with two attached hydrogens (primary N) is 1. The van der Waals surface area contributed by atoms with Crippen LogP contribution in [0.25, 0.3) is 0 Å². The third kappa shape index (κ3) is 3.45. The van der Waals surface area contributed by atoms with Gasteiger partial charge < -0.3 is 16.0 Å². The molecule has 0 spiro atoms. The highest BCUT2D eigenvalue weighted by Crippen LogP contribution is 2.32.